The molecular weight excluding hydrogens is 286 g/mol. The predicted octanol–water partition coefficient (Wildman–Crippen LogP) is 4.55. The van der Waals surface area contributed by atoms with E-state index in [1.54, 1.807) is 0 Å². The number of rotatable bonds is 9. The minimum atomic E-state index is -0.0483. The van der Waals surface area contributed by atoms with Gasteiger partial charge in [-0.05, 0) is 23.8 Å². The number of fused-ring (bicyclic) bond motifs is 1. The normalized spacial score (nSPS) is 12.1. The number of unbranched alkanes of at least 4 members (excludes halogenated alkanes) is 1. The molecule has 1 atom stereocenters. The van der Waals surface area contributed by atoms with E-state index in [0.29, 0.717) is 5.92 Å². The molecule has 0 radical (unpaired) electrons. The van der Waals surface area contributed by atoms with Gasteiger partial charge in [-0.1, -0.05) is 69.5 Å². The van der Waals surface area contributed by atoms with Crippen LogP contribution in [-0.4, -0.2) is 19.1 Å². The first-order valence-corrected chi connectivity index (χ1v) is 8.61. The molecule has 0 aromatic heterocycles. The van der Waals surface area contributed by atoms with Gasteiger partial charge >= 0.3 is 0 Å². The van der Waals surface area contributed by atoms with Crippen molar-refractivity contribution < 1.29 is 9.53 Å². The molecule has 0 saturated heterocycles. The Hall–Kier alpha value is -2.03. The molecule has 2 aromatic carbocycles. The highest BCUT2D eigenvalue weighted by molar-refractivity contribution is 5.88. The molecule has 3 heteroatoms. The van der Waals surface area contributed by atoms with Crippen molar-refractivity contribution in [1.29, 1.82) is 0 Å². The zero-order valence-corrected chi connectivity index (χ0v) is 14.2. The Labute approximate surface area is 139 Å². The first kappa shape index (κ1) is 17.3. The van der Waals surface area contributed by atoms with Gasteiger partial charge in [-0.2, -0.15) is 0 Å². The maximum Gasteiger partial charge on any atom is 0.257 e. The summed E-state index contributed by atoms with van der Waals surface area (Å²) in [6.45, 7) is 5.19. The van der Waals surface area contributed by atoms with Crippen LogP contribution in [0.4, 0.5) is 0 Å². The molecule has 3 nitrogen and oxygen atoms in total. The van der Waals surface area contributed by atoms with Gasteiger partial charge < -0.3 is 10.1 Å². The van der Waals surface area contributed by atoms with Gasteiger partial charge in [-0.25, -0.2) is 0 Å². The Balaban J connectivity index is 1.84. The molecule has 0 heterocycles. The van der Waals surface area contributed by atoms with Gasteiger partial charge in [0.2, 0.25) is 0 Å². The number of carbonyl (C=O) groups excluding carboxylic acids is 1. The monoisotopic (exact) mass is 313 g/mol. The lowest BCUT2D eigenvalue weighted by atomic mass is 9.99. The summed E-state index contributed by atoms with van der Waals surface area (Å²) in [5.74, 6) is 1.28. The van der Waals surface area contributed by atoms with E-state index < -0.39 is 0 Å². The average Bonchev–Trinajstić information content (AvgIpc) is 2.60. The van der Waals surface area contributed by atoms with E-state index >= 15 is 0 Å². The fraction of sp³-hybridized carbons (Fsp3) is 0.450. The number of carbonyl (C=O) groups is 1. The van der Waals surface area contributed by atoms with Gasteiger partial charge in [0, 0.05) is 11.9 Å². The maximum atomic E-state index is 12.0. The fourth-order valence-electron chi connectivity index (χ4n) is 2.72. The molecule has 1 N–H and O–H groups in total. The third kappa shape index (κ3) is 5.27. The minimum Gasteiger partial charge on any atom is -0.483 e. The Bertz CT molecular complexity index is 619. The Morgan fingerprint density at radius 2 is 1.91 bits per heavy atom. The van der Waals surface area contributed by atoms with Crippen molar-refractivity contribution in [3.8, 4) is 5.75 Å². The van der Waals surface area contributed by atoms with Gasteiger partial charge in [-0.3, -0.25) is 4.79 Å². The summed E-state index contributed by atoms with van der Waals surface area (Å²) in [7, 11) is 0. The smallest absolute Gasteiger partial charge is 0.257 e. The van der Waals surface area contributed by atoms with Crippen LogP contribution in [-0.2, 0) is 4.79 Å². The molecule has 2 rings (SSSR count). The van der Waals surface area contributed by atoms with Crippen molar-refractivity contribution in [2.75, 3.05) is 13.2 Å². The SMILES string of the molecule is CCCCC(CC)CNC(=O)COc1cccc2ccccc12. The standard InChI is InChI=1S/C20H27NO2/c1-3-5-9-16(4-2)14-21-20(22)15-23-19-13-8-11-17-10-6-7-12-18(17)19/h6-8,10-13,16H,3-5,9,14-15H2,1-2H3,(H,21,22). The fourth-order valence-corrected chi connectivity index (χ4v) is 2.72. The van der Waals surface area contributed by atoms with E-state index in [2.05, 4.69) is 19.2 Å². The van der Waals surface area contributed by atoms with Crippen LogP contribution in [0, 0.1) is 5.92 Å². The summed E-state index contributed by atoms with van der Waals surface area (Å²) < 4.78 is 5.72. The predicted molar refractivity (Wildman–Crippen MR) is 95.8 cm³/mol. The van der Waals surface area contributed by atoms with E-state index in [1.165, 1.54) is 19.3 Å². The van der Waals surface area contributed by atoms with Crippen LogP contribution in [0.1, 0.15) is 39.5 Å². The number of hydrogen-bond acceptors (Lipinski definition) is 2. The van der Waals surface area contributed by atoms with E-state index in [0.717, 1.165) is 29.5 Å². The second-order valence-electron chi connectivity index (χ2n) is 5.99. The van der Waals surface area contributed by atoms with Crippen molar-refractivity contribution in [3.63, 3.8) is 0 Å². The molecule has 0 aliphatic heterocycles. The van der Waals surface area contributed by atoms with E-state index in [9.17, 15) is 4.79 Å². The Morgan fingerprint density at radius 1 is 1.13 bits per heavy atom. The molecule has 2 aromatic rings. The molecule has 1 unspecified atom stereocenters. The molecule has 124 valence electrons. The summed E-state index contributed by atoms with van der Waals surface area (Å²) >= 11 is 0. The molecule has 0 bridgehead atoms. The van der Waals surface area contributed by atoms with Crippen LogP contribution in [0.2, 0.25) is 0 Å². The molecular formula is C20H27NO2. The number of amides is 1. The summed E-state index contributed by atoms with van der Waals surface area (Å²) in [6, 6.07) is 13.9. The van der Waals surface area contributed by atoms with Crippen molar-refractivity contribution >= 4 is 16.7 Å². The van der Waals surface area contributed by atoms with Gasteiger partial charge in [0.25, 0.3) is 5.91 Å². The van der Waals surface area contributed by atoms with Crippen LogP contribution in [0.15, 0.2) is 42.5 Å². The largest absolute Gasteiger partial charge is 0.483 e. The topological polar surface area (TPSA) is 38.3 Å². The second kappa shape index (κ2) is 9.19. The first-order valence-electron chi connectivity index (χ1n) is 8.61. The minimum absolute atomic E-state index is 0.0483. The van der Waals surface area contributed by atoms with Crippen molar-refractivity contribution in [2.45, 2.75) is 39.5 Å². The van der Waals surface area contributed by atoms with Crippen LogP contribution in [0.25, 0.3) is 10.8 Å². The van der Waals surface area contributed by atoms with Crippen LogP contribution < -0.4 is 10.1 Å². The second-order valence-corrected chi connectivity index (χ2v) is 5.99. The molecule has 0 fully saturated rings. The van der Waals surface area contributed by atoms with Crippen molar-refractivity contribution in [2.24, 2.45) is 5.92 Å². The third-order valence-corrected chi connectivity index (χ3v) is 4.24. The van der Waals surface area contributed by atoms with Crippen molar-refractivity contribution in [1.82, 2.24) is 5.32 Å². The van der Waals surface area contributed by atoms with E-state index in [4.69, 9.17) is 4.74 Å². The average molecular weight is 313 g/mol. The highest BCUT2D eigenvalue weighted by Gasteiger charge is 2.09. The van der Waals surface area contributed by atoms with Crippen LogP contribution >= 0.6 is 0 Å². The summed E-state index contributed by atoms with van der Waals surface area (Å²) in [5.41, 5.74) is 0. The van der Waals surface area contributed by atoms with Gasteiger partial charge in [-0.15, -0.1) is 0 Å². The summed E-state index contributed by atoms with van der Waals surface area (Å²) in [6.07, 6.45) is 4.71. The Morgan fingerprint density at radius 3 is 2.70 bits per heavy atom. The zero-order chi connectivity index (χ0) is 16.5. The molecule has 0 spiro atoms. The zero-order valence-electron chi connectivity index (χ0n) is 14.2. The van der Waals surface area contributed by atoms with Crippen LogP contribution in [0.5, 0.6) is 5.75 Å². The molecule has 23 heavy (non-hydrogen) atoms. The first-order chi connectivity index (χ1) is 11.2. The van der Waals surface area contributed by atoms with Gasteiger partial charge in [0.1, 0.15) is 5.75 Å². The van der Waals surface area contributed by atoms with Gasteiger partial charge in [0.15, 0.2) is 6.61 Å². The molecule has 0 aliphatic carbocycles. The number of benzene rings is 2. The quantitative estimate of drug-likeness (QED) is 0.737. The van der Waals surface area contributed by atoms with Crippen LogP contribution in [0.3, 0.4) is 0 Å². The summed E-state index contributed by atoms with van der Waals surface area (Å²) in [5, 5.41) is 5.16. The Kier molecular flexibility index (Phi) is 6.92. The molecule has 0 saturated carbocycles. The highest BCUT2D eigenvalue weighted by atomic mass is 16.5. The van der Waals surface area contributed by atoms with Gasteiger partial charge in [0.05, 0.1) is 0 Å². The summed E-state index contributed by atoms with van der Waals surface area (Å²) in [4.78, 5) is 12.0. The third-order valence-electron chi connectivity index (χ3n) is 4.24. The van der Waals surface area contributed by atoms with Crippen molar-refractivity contribution in [3.05, 3.63) is 42.5 Å². The number of ether oxygens (including phenoxy) is 1. The highest BCUT2D eigenvalue weighted by Crippen LogP contribution is 2.24. The maximum absolute atomic E-state index is 12.0. The lowest BCUT2D eigenvalue weighted by molar-refractivity contribution is -0.123. The number of hydrogen-bond donors (Lipinski definition) is 1. The molecule has 1 amide bonds. The van der Waals surface area contributed by atoms with E-state index in [1.807, 2.05) is 42.5 Å². The van der Waals surface area contributed by atoms with E-state index in [-0.39, 0.29) is 12.5 Å². The lowest BCUT2D eigenvalue weighted by Gasteiger charge is -2.15. The molecule has 0 aliphatic rings. The number of nitrogens with one attached hydrogen (secondary N) is 1. The lowest BCUT2D eigenvalue weighted by Crippen LogP contribution is -2.33.